The zero-order valence-corrected chi connectivity index (χ0v) is 14.9. The first-order valence-corrected chi connectivity index (χ1v) is 8.76. The van der Waals surface area contributed by atoms with Gasteiger partial charge in [0.2, 0.25) is 0 Å². The van der Waals surface area contributed by atoms with E-state index in [4.69, 9.17) is 5.73 Å². The highest BCUT2D eigenvalue weighted by Crippen LogP contribution is 2.29. The molecule has 134 valence electrons. The van der Waals surface area contributed by atoms with E-state index in [2.05, 4.69) is 5.10 Å². The molecule has 0 saturated carbocycles. The third-order valence-corrected chi connectivity index (χ3v) is 4.86. The number of pyridine rings is 1. The largest absolute Gasteiger partial charge is 0.382 e. The summed E-state index contributed by atoms with van der Waals surface area (Å²) in [6.45, 7) is 0. The van der Waals surface area contributed by atoms with Crippen molar-refractivity contribution in [2.24, 2.45) is 5.10 Å². The Morgan fingerprint density at radius 1 is 0.929 bits per heavy atom. The molecule has 0 fully saturated rings. The molecule has 0 unspecified atom stereocenters. The van der Waals surface area contributed by atoms with E-state index in [1.54, 1.807) is 24.3 Å². The minimum atomic E-state index is -0.630. The fraction of sp³-hybridized carbons (Fsp3) is 0.0909. The number of aromatic nitrogens is 1. The average Bonchev–Trinajstić information content (AvgIpc) is 3.14. The molecule has 0 aliphatic heterocycles. The molecule has 2 aromatic carbocycles. The van der Waals surface area contributed by atoms with Crippen molar-refractivity contribution >= 4 is 11.5 Å². The molecule has 0 spiro atoms. The highest BCUT2D eigenvalue weighted by atomic mass is 16.1. The van der Waals surface area contributed by atoms with Crippen LogP contribution in [0.1, 0.15) is 28.7 Å². The van der Waals surface area contributed by atoms with Gasteiger partial charge in [0.15, 0.2) is 0 Å². The van der Waals surface area contributed by atoms with Crippen LogP contribution in [0.5, 0.6) is 0 Å². The van der Waals surface area contributed by atoms with Crippen LogP contribution in [0.4, 0.5) is 5.82 Å². The van der Waals surface area contributed by atoms with Crippen molar-refractivity contribution in [2.45, 2.75) is 12.8 Å². The summed E-state index contributed by atoms with van der Waals surface area (Å²) in [6, 6.07) is 20.6. The van der Waals surface area contributed by atoms with Gasteiger partial charge in [0.1, 0.15) is 29.1 Å². The first-order chi connectivity index (χ1) is 13.7. The molecule has 6 nitrogen and oxygen atoms in total. The Morgan fingerprint density at radius 2 is 1.61 bits per heavy atom. The lowest BCUT2D eigenvalue weighted by Gasteiger charge is -2.13. The summed E-state index contributed by atoms with van der Waals surface area (Å²) in [5.41, 5.74) is 9.12. The summed E-state index contributed by atoms with van der Waals surface area (Å²) >= 11 is 0. The van der Waals surface area contributed by atoms with E-state index in [0.29, 0.717) is 17.7 Å². The maximum Gasteiger partial charge on any atom is 0.291 e. The van der Waals surface area contributed by atoms with E-state index in [0.717, 1.165) is 22.2 Å². The van der Waals surface area contributed by atoms with Gasteiger partial charge in [0.05, 0.1) is 5.71 Å². The lowest BCUT2D eigenvalue weighted by Crippen LogP contribution is -2.26. The van der Waals surface area contributed by atoms with Crippen LogP contribution >= 0.6 is 0 Å². The summed E-state index contributed by atoms with van der Waals surface area (Å²) in [7, 11) is 0. The number of hydrogen-bond donors (Lipinski definition) is 1. The molecule has 2 N–H and O–H groups in total. The van der Waals surface area contributed by atoms with Crippen LogP contribution in [0.15, 0.2) is 64.5 Å². The summed E-state index contributed by atoms with van der Waals surface area (Å²) in [6.07, 6.45) is 1.48. The van der Waals surface area contributed by atoms with Crippen LogP contribution in [-0.2, 0) is 6.42 Å². The SMILES string of the molecule is N#Cc1c(-c2ccccc2)c(C#N)c(=O)n(/N=C2\CCc3ccccc32)c1N. The zero-order chi connectivity index (χ0) is 19.7. The molecule has 0 amide bonds. The van der Waals surface area contributed by atoms with Crippen molar-refractivity contribution in [1.29, 1.82) is 10.5 Å². The maximum absolute atomic E-state index is 13.0. The van der Waals surface area contributed by atoms with Crippen molar-refractivity contribution in [2.75, 3.05) is 5.73 Å². The van der Waals surface area contributed by atoms with Crippen LogP contribution in [0.3, 0.4) is 0 Å². The molecule has 3 aromatic rings. The first kappa shape index (κ1) is 17.3. The summed E-state index contributed by atoms with van der Waals surface area (Å²) < 4.78 is 0.987. The Labute approximate surface area is 161 Å². The summed E-state index contributed by atoms with van der Waals surface area (Å²) in [4.78, 5) is 13.0. The number of hydrogen-bond acceptors (Lipinski definition) is 5. The molecule has 0 saturated heterocycles. The number of nitrogens with two attached hydrogens (primary N) is 1. The summed E-state index contributed by atoms with van der Waals surface area (Å²) in [5.74, 6) is -0.0674. The van der Waals surface area contributed by atoms with E-state index in [-0.39, 0.29) is 22.5 Å². The predicted molar refractivity (Wildman–Crippen MR) is 107 cm³/mol. The van der Waals surface area contributed by atoms with E-state index < -0.39 is 5.56 Å². The molecule has 6 heteroatoms. The fourth-order valence-corrected chi connectivity index (χ4v) is 3.52. The van der Waals surface area contributed by atoms with Crippen LogP contribution in [0, 0.1) is 22.7 Å². The Kier molecular flexibility index (Phi) is 4.23. The third-order valence-electron chi connectivity index (χ3n) is 4.86. The molecule has 1 aromatic heterocycles. The van der Waals surface area contributed by atoms with Gasteiger partial charge in [-0.25, -0.2) is 0 Å². The van der Waals surface area contributed by atoms with E-state index in [1.807, 2.05) is 42.5 Å². The van der Waals surface area contributed by atoms with E-state index >= 15 is 0 Å². The molecule has 1 heterocycles. The fourth-order valence-electron chi connectivity index (χ4n) is 3.52. The number of rotatable bonds is 2. The number of nitrogens with zero attached hydrogens (tertiary/aromatic N) is 4. The molecule has 4 rings (SSSR count). The third kappa shape index (κ3) is 2.65. The monoisotopic (exact) mass is 365 g/mol. The Morgan fingerprint density at radius 3 is 2.32 bits per heavy atom. The van der Waals surface area contributed by atoms with Gasteiger partial charge in [-0.2, -0.15) is 20.3 Å². The number of anilines is 1. The Balaban J connectivity index is 2.00. The van der Waals surface area contributed by atoms with Crippen LogP contribution in [0.25, 0.3) is 11.1 Å². The minimum absolute atomic E-state index is 0.0674. The Hall–Kier alpha value is -4.16. The highest BCUT2D eigenvalue weighted by Gasteiger charge is 2.23. The second-order valence-electron chi connectivity index (χ2n) is 6.42. The standard InChI is InChI=1S/C22H15N5O/c23-12-17-20(15-7-2-1-3-8-15)18(13-24)22(28)27(21(17)25)26-19-11-10-14-6-4-5-9-16(14)19/h1-9H,10-11,25H2/b26-19+. The number of fused-ring (bicyclic) bond motifs is 1. The summed E-state index contributed by atoms with van der Waals surface area (Å²) in [5, 5.41) is 23.8. The molecule has 0 atom stereocenters. The van der Waals surface area contributed by atoms with Crippen LogP contribution in [-0.4, -0.2) is 10.4 Å². The van der Waals surface area contributed by atoms with Gasteiger partial charge in [-0.05, 0) is 24.0 Å². The molecule has 0 bridgehead atoms. The Bertz CT molecular complexity index is 1260. The lowest BCUT2D eigenvalue weighted by atomic mass is 9.97. The average molecular weight is 365 g/mol. The van der Waals surface area contributed by atoms with Gasteiger partial charge in [-0.3, -0.25) is 4.79 Å². The quantitative estimate of drug-likeness (QED) is 0.753. The molecular weight excluding hydrogens is 350 g/mol. The molecule has 28 heavy (non-hydrogen) atoms. The predicted octanol–water partition coefficient (Wildman–Crippen LogP) is 3.04. The van der Waals surface area contributed by atoms with Crippen LogP contribution in [0.2, 0.25) is 0 Å². The van der Waals surface area contributed by atoms with Crippen molar-refractivity contribution in [3.63, 3.8) is 0 Å². The van der Waals surface area contributed by atoms with Gasteiger partial charge >= 0.3 is 0 Å². The zero-order valence-electron chi connectivity index (χ0n) is 14.9. The van der Waals surface area contributed by atoms with Crippen LogP contribution < -0.4 is 11.3 Å². The normalized spacial score (nSPS) is 13.7. The van der Waals surface area contributed by atoms with Crippen molar-refractivity contribution in [1.82, 2.24) is 4.68 Å². The molecular formula is C22H15N5O. The topological polar surface area (TPSA) is 108 Å². The maximum atomic E-state index is 13.0. The van der Waals surface area contributed by atoms with Gasteiger partial charge in [0, 0.05) is 11.1 Å². The van der Waals surface area contributed by atoms with E-state index in [9.17, 15) is 15.3 Å². The minimum Gasteiger partial charge on any atom is -0.382 e. The van der Waals surface area contributed by atoms with Gasteiger partial charge in [0.25, 0.3) is 5.56 Å². The number of benzene rings is 2. The van der Waals surface area contributed by atoms with Crippen molar-refractivity contribution < 1.29 is 0 Å². The van der Waals surface area contributed by atoms with E-state index in [1.165, 1.54) is 0 Å². The second-order valence-corrected chi connectivity index (χ2v) is 6.42. The lowest BCUT2D eigenvalue weighted by molar-refractivity contribution is 0.830. The van der Waals surface area contributed by atoms with Crippen molar-refractivity contribution in [3.05, 3.63) is 87.2 Å². The van der Waals surface area contributed by atoms with Gasteiger partial charge in [-0.1, -0.05) is 54.6 Å². The van der Waals surface area contributed by atoms with Gasteiger partial charge in [-0.15, -0.1) is 0 Å². The molecule has 1 aliphatic rings. The molecule has 1 aliphatic carbocycles. The first-order valence-electron chi connectivity index (χ1n) is 8.76. The molecule has 0 radical (unpaired) electrons. The van der Waals surface area contributed by atoms with Crippen molar-refractivity contribution in [3.8, 4) is 23.3 Å². The number of nitriles is 2. The highest BCUT2D eigenvalue weighted by molar-refractivity contribution is 6.04. The number of nitrogen functional groups attached to an aromatic ring is 1. The smallest absolute Gasteiger partial charge is 0.291 e. The van der Waals surface area contributed by atoms with Gasteiger partial charge < -0.3 is 5.73 Å². The number of aryl methyl sites for hydroxylation is 1. The second kappa shape index (κ2) is 6.86.